The minimum absolute atomic E-state index is 0.152. The number of pyridine rings is 1. The van der Waals surface area contributed by atoms with Gasteiger partial charge in [-0.25, -0.2) is 0 Å². The Labute approximate surface area is 147 Å². The number of hydrogen-bond acceptors (Lipinski definition) is 3. The summed E-state index contributed by atoms with van der Waals surface area (Å²) in [7, 11) is 3.79. The van der Waals surface area contributed by atoms with Gasteiger partial charge >= 0.3 is 0 Å². The Balaban J connectivity index is 1.66. The van der Waals surface area contributed by atoms with E-state index in [1.807, 2.05) is 61.2 Å². The highest BCUT2D eigenvalue weighted by molar-refractivity contribution is 5.96. The highest BCUT2D eigenvalue weighted by Crippen LogP contribution is 2.50. The van der Waals surface area contributed by atoms with Gasteiger partial charge in [0.25, 0.3) is 0 Å². The molecule has 2 heterocycles. The number of benzene rings is 1. The fraction of sp³-hybridized carbons (Fsp3) is 0.350. The summed E-state index contributed by atoms with van der Waals surface area (Å²) in [5, 5.41) is 6.49. The Morgan fingerprint density at radius 2 is 2.04 bits per heavy atom. The van der Waals surface area contributed by atoms with E-state index in [-0.39, 0.29) is 5.91 Å². The van der Waals surface area contributed by atoms with Gasteiger partial charge in [0.15, 0.2) is 0 Å². The minimum Gasteiger partial charge on any atom is -0.340 e. The second-order valence-corrected chi connectivity index (χ2v) is 7.00. The Bertz CT molecular complexity index is 950. The fourth-order valence-corrected chi connectivity index (χ4v) is 3.57. The predicted octanol–water partition coefficient (Wildman–Crippen LogP) is 2.97. The van der Waals surface area contributed by atoms with E-state index in [0.29, 0.717) is 6.54 Å². The van der Waals surface area contributed by atoms with E-state index in [9.17, 15) is 4.79 Å². The summed E-state index contributed by atoms with van der Waals surface area (Å²) < 4.78 is 1.84. The first-order chi connectivity index (χ1) is 12.0. The van der Waals surface area contributed by atoms with E-state index in [1.54, 1.807) is 0 Å². The molecule has 0 N–H and O–H groups in total. The largest absolute Gasteiger partial charge is 0.340 e. The van der Waals surface area contributed by atoms with Crippen molar-refractivity contribution in [2.75, 3.05) is 7.05 Å². The van der Waals surface area contributed by atoms with Crippen LogP contribution in [0, 0.1) is 6.92 Å². The predicted molar refractivity (Wildman–Crippen MR) is 97.1 cm³/mol. The standard InChI is InChI=1S/C20H22N4O/c1-14-16(12-22-24(14)3)13-23(2)19(25)20(9-10-20)18-17-7-5-4-6-15(17)8-11-21-18/h4-8,11-12H,9-10,13H2,1-3H3. The van der Waals surface area contributed by atoms with Crippen LogP contribution in [0.15, 0.2) is 42.7 Å². The van der Waals surface area contributed by atoms with Gasteiger partial charge in [0.1, 0.15) is 0 Å². The number of carbonyl (C=O) groups excluding carboxylic acids is 1. The van der Waals surface area contributed by atoms with Crippen LogP contribution in [-0.4, -0.2) is 32.6 Å². The molecule has 3 aromatic rings. The van der Waals surface area contributed by atoms with Crippen LogP contribution < -0.4 is 0 Å². The van der Waals surface area contributed by atoms with Crippen molar-refractivity contribution in [3.63, 3.8) is 0 Å². The molecular formula is C20H22N4O. The maximum Gasteiger partial charge on any atom is 0.234 e. The zero-order chi connectivity index (χ0) is 17.6. The number of aromatic nitrogens is 3. The fourth-order valence-electron chi connectivity index (χ4n) is 3.57. The maximum absolute atomic E-state index is 13.3. The van der Waals surface area contributed by atoms with Crippen molar-refractivity contribution in [3.8, 4) is 0 Å². The second kappa shape index (κ2) is 5.69. The number of nitrogens with zero attached hydrogens (tertiary/aromatic N) is 4. The van der Waals surface area contributed by atoms with Crippen LogP contribution >= 0.6 is 0 Å². The molecule has 1 amide bonds. The number of carbonyl (C=O) groups is 1. The van der Waals surface area contributed by atoms with Gasteiger partial charge in [-0.15, -0.1) is 0 Å². The normalized spacial score (nSPS) is 15.3. The third kappa shape index (κ3) is 2.51. The molecule has 4 rings (SSSR count). The second-order valence-electron chi connectivity index (χ2n) is 7.00. The van der Waals surface area contributed by atoms with Crippen molar-refractivity contribution < 1.29 is 4.79 Å². The van der Waals surface area contributed by atoms with Gasteiger partial charge in [0.05, 0.1) is 17.3 Å². The molecule has 0 aliphatic heterocycles. The van der Waals surface area contributed by atoms with Crippen LogP contribution in [0.1, 0.15) is 29.8 Å². The lowest BCUT2D eigenvalue weighted by Gasteiger charge is -2.24. The SMILES string of the molecule is Cc1c(CN(C)C(=O)C2(c3nccc4ccccc34)CC2)cnn1C. The zero-order valence-corrected chi connectivity index (χ0v) is 14.9. The summed E-state index contributed by atoms with van der Waals surface area (Å²) >= 11 is 0. The molecule has 5 nitrogen and oxygen atoms in total. The van der Waals surface area contributed by atoms with Gasteiger partial charge < -0.3 is 4.90 Å². The summed E-state index contributed by atoms with van der Waals surface area (Å²) in [6, 6.07) is 10.2. The molecule has 1 aliphatic carbocycles. The number of rotatable bonds is 4. The number of fused-ring (bicyclic) bond motifs is 1. The third-order valence-corrected chi connectivity index (χ3v) is 5.38. The molecule has 0 spiro atoms. The third-order valence-electron chi connectivity index (χ3n) is 5.38. The number of likely N-dealkylation sites (N-methyl/N-ethyl adjacent to an activating group) is 1. The van der Waals surface area contributed by atoms with Gasteiger partial charge in [-0.3, -0.25) is 14.5 Å². The molecule has 0 unspecified atom stereocenters. The molecule has 1 aromatic carbocycles. The molecule has 0 radical (unpaired) electrons. The van der Waals surface area contributed by atoms with E-state index in [4.69, 9.17) is 0 Å². The smallest absolute Gasteiger partial charge is 0.234 e. The van der Waals surface area contributed by atoms with Crippen molar-refractivity contribution in [2.24, 2.45) is 7.05 Å². The van der Waals surface area contributed by atoms with Crippen LogP contribution in [0.5, 0.6) is 0 Å². The lowest BCUT2D eigenvalue weighted by Crippen LogP contribution is -2.36. The monoisotopic (exact) mass is 334 g/mol. The Morgan fingerprint density at radius 1 is 1.28 bits per heavy atom. The summed E-state index contributed by atoms with van der Waals surface area (Å²) in [5.41, 5.74) is 2.63. The van der Waals surface area contributed by atoms with Crippen LogP contribution in [-0.2, 0) is 23.8 Å². The van der Waals surface area contributed by atoms with Crippen LogP contribution in [0.4, 0.5) is 0 Å². The molecule has 2 aromatic heterocycles. The molecule has 0 atom stereocenters. The Kier molecular flexibility index (Phi) is 3.60. The number of amides is 1. The van der Waals surface area contributed by atoms with Gasteiger partial charge in [-0.2, -0.15) is 5.10 Å². The van der Waals surface area contributed by atoms with Crippen LogP contribution in [0.2, 0.25) is 0 Å². The highest BCUT2D eigenvalue weighted by Gasteiger charge is 2.54. The lowest BCUT2D eigenvalue weighted by atomic mass is 9.94. The van der Waals surface area contributed by atoms with Crippen molar-refractivity contribution in [2.45, 2.75) is 31.7 Å². The van der Waals surface area contributed by atoms with Gasteiger partial charge in [0.2, 0.25) is 5.91 Å². The summed E-state index contributed by atoms with van der Waals surface area (Å²) in [6.45, 7) is 2.60. The molecule has 25 heavy (non-hydrogen) atoms. The first kappa shape index (κ1) is 15.8. The van der Waals surface area contributed by atoms with Crippen LogP contribution in [0.3, 0.4) is 0 Å². The minimum atomic E-state index is -0.467. The number of aryl methyl sites for hydroxylation is 1. The molecule has 5 heteroatoms. The van der Waals surface area contributed by atoms with E-state index in [1.165, 1.54) is 0 Å². The van der Waals surface area contributed by atoms with E-state index >= 15 is 0 Å². The molecule has 1 saturated carbocycles. The summed E-state index contributed by atoms with van der Waals surface area (Å²) in [5.74, 6) is 0.152. The Morgan fingerprint density at radius 3 is 2.72 bits per heavy atom. The zero-order valence-electron chi connectivity index (χ0n) is 14.9. The lowest BCUT2D eigenvalue weighted by molar-refractivity contribution is -0.133. The molecule has 0 saturated heterocycles. The van der Waals surface area contributed by atoms with Gasteiger partial charge in [-0.05, 0) is 31.2 Å². The topological polar surface area (TPSA) is 51.0 Å². The van der Waals surface area contributed by atoms with E-state index in [0.717, 1.165) is 40.6 Å². The molecule has 1 aliphatic rings. The molecule has 0 bridgehead atoms. The summed E-state index contributed by atoms with van der Waals surface area (Å²) in [6.07, 6.45) is 5.39. The van der Waals surface area contributed by atoms with Crippen molar-refractivity contribution in [3.05, 3.63) is 59.7 Å². The van der Waals surface area contributed by atoms with Crippen molar-refractivity contribution >= 4 is 16.7 Å². The maximum atomic E-state index is 13.3. The quantitative estimate of drug-likeness (QED) is 0.737. The average molecular weight is 334 g/mol. The summed E-state index contributed by atoms with van der Waals surface area (Å²) in [4.78, 5) is 19.7. The first-order valence-corrected chi connectivity index (χ1v) is 8.60. The van der Waals surface area contributed by atoms with E-state index < -0.39 is 5.41 Å². The van der Waals surface area contributed by atoms with Crippen molar-refractivity contribution in [1.82, 2.24) is 19.7 Å². The first-order valence-electron chi connectivity index (χ1n) is 8.60. The highest BCUT2D eigenvalue weighted by atomic mass is 16.2. The molecule has 128 valence electrons. The van der Waals surface area contributed by atoms with Gasteiger partial charge in [0, 0.05) is 43.5 Å². The Hall–Kier alpha value is -2.69. The van der Waals surface area contributed by atoms with Gasteiger partial charge in [-0.1, -0.05) is 24.3 Å². The molecule has 1 fully saturated rings. The number of hydrogen-bond donors (Lipinski definition) is 0. The van der Waals surface area contributed by atoms with E-state index in [2.05, 4.69) is 22.2 Å². The molecular weight excluding hydrogens is 312 g/mol. The van der Waals surface area contributed by atoms with Crippen molar-refractivity contribution in [1.29, 1.82) is 0 Å². The van der Waals surface area contributed by atoms with Crippen LogP contribution in [0.25, 0.3) is 10.8 Å². The average Bonchev–Trinajstić information content (AvgIpc) is 3.38.